The van der Waals surface area contributed by atoms with Gasteiger partial charge < -0.3 is 4.90 Å². The van der Waals surface area contributed by atoms with Crippen LogP contribution in [0.2, 0.25) is 0 Å². The molecule has 0 aromatic heterocycles. The van der Waals surface area contributed by atoms with Gasteiger partial charge >= 0.3 is 0 Å². The van der Waals surface area contributed by atoms with E-state index in [-0.39, 0.29) is 5.92 Å². The van der Waals surface area contributed by atoms with Gasteiger partial charge in [0.25, 0.3) is 0 Å². The summed E-state index contributed by atoms with van der Waals surface area (Å²) in [6.07, 6.45) is 7.49. The molecule has 108 valence electrons. The molecule has 4 atom stereocenters. The standard InChI is InChI=1S/C16H29N3/c1-4-13-7-8-14(11-17)16(10-13)19-9-5-6-15(12-19)18(2)3/h13-16H,4-10,12H2,1-3H3. The molecule has 1 aliphatic carbocycles. The first-order valence-electron chi connectivity index (χ1n) is 7.95. The van der Waals surface area contributed by atoms with E-state index >= 15 is 0 Å². The van der Waals surface area contributed by atoms with E-state index in [1.165, 1.54) is 38.6 Å². The summed E-state index contributed by atoms with van der Waals surface area (Å²) >= 11 is 0. The van der Waals surface area contributed by atoms with Crippen molar-refractivity contribution in [1.29, 1.82) is 5.26 Å². The Morgan fingerprint density at radius 1 is 1.26 bits per heavy atom. The Morgan fingerprint density at radius 2 is 2.05 bits per heavy atom. The zero-order chi connectivity index (χ0) is 13.8. The first kappa shape index (κ1) is 14.8. The van der Waals surface area contributed by atoms with Gasteiger partial charge in [0.1, 0.15) is 0 Å². The fraction of sp³-hybridized carbons (Fsp3) is 0.938. The van der Waals surface area contributed by atoms with Crippen LogP contribution >= 0.6 is 0 Å². The van der Waals surface area contributed by atoms with E-state index in [1.807, 2.05) is 0 Å². The van der Waals surface area contributed by atoms with Crippen molar-refractivity contribution in [3.63, 3.8) is 0 Å². The lowest BCUT2D eigenvalue weighted by atomic mass is 9.76. The molecule has 2 rings (SSSR count). The van der Waals surface area contributed by atoms with Gasteiger partial charge in [-0.3, -0.25) is 4.90 Å². The molecular weight excluding hydrogens is 234 g/mol. The van der Waals surface area contributed by atoms with Crippen LogP contribution in [0.5, 0.6) is 0 Å². The number of hydrogen-bond acceptors (Lipinski definition) is 3. The quantitative estimate of drug-likeness (QED) is 0.784. The number of nitrogens with zero attached hydrogens (tertiary/aromatic N) is 3. The van der Waals surface area contributed by atoms with Crippen LogP contribution in [0.15, 0.2) is 0 Å². The summed E-state index contributed by atoms with van der Waals surface area (Å²) in [5.41, 5.74) is 0. The maximum absolute atomic E-state index is 9.44. The monoisotopic (exact) mass is 263 g/mol. The second-order valence-corrected chi connectivity index (χ2v) is 6.64. The second-order valence-electron chi connectivity index (χ2n) is 6.64. The summed E-state index contributed by atoms with van der Waals surface area (Å²) in [6.45, 7) is 4.66. The molecule has 1 aliphatic heterocycles. The van der Waals surface area contributed by atoms with Crippen molar-refractivity contribution in [3.8, 4) is 6.07 Å². The van der Waals surface area contributed by atoms with E-state index in [0.29, 0.717) is 12.1 Å². The zero-order valence-electron chi connectivity index (χ0n) is 12.8. The summed E-state index contributed by atoms with van der Waals surface area (Å²) in [7, 11) is 4.37. The highest BCUT2D eigenvalue weighted by Gasteiger charge is 2.36. The van der Waals surface area contributed by atoms with Gasteiger partial charge in [-0.15, -0.1) is 0 Å². The molecule has 0 bridgehead atoms. The van der Waals surface area contributed by atoms with E-state index in [2.05, 4.69) is 36.9 Å². The molecular formula is C16H29N3. The van der Waals surface area contributed by atoms with Crippen LogP contribution in [-0.4, -0.2) is 49.1 Å². The highest BCUT2D eigenvalue weighted by molar-refractivity contribution is 4.99. The first-order valence-corrected chi connectivity index (χ1v) is 7.95. The number of hydrogen-bond donors (Lipinski definition) is 0. The Labute approximate surface area is 118 Å². The van der Waals surface area contributed by atoms with Crippen molar-refractivity contribution in [2.45, 2.75) is 57.5 Å². The minimum absolute atomic E-state index is 0.267. The Hall–Kier alpha value is -0.590. The number of likely N-dealkylation sites (tertiary alicyclic amines) is 1. The van der Waals surface area contributed by atoms with Crippen LogP contribution in [0.3, 0.4) is 0 Å². The van der Waals surface area contributed by atoms with Gasteiger partial charge in [-0.05, 0) is 58.7 Å². The lowest BCUT2D eigenvalue weighted by molar-refractivity contribution is 0.0479. The summed E-state index contributed by atoms with van der Waals surface area (Å²) in [5.74, 6) is 1.11. The van der Waals surface area contributed by atoms with E-state index in [4.69, 9.17) is 0 Å². The topological polar surface area (TPSA) is 30.3 Å². The van der Waals surface area contributed by atoms with Crippen LogP contribution in [0, 0.1) is 23.2 Å². The fourth-order valence-corrected chi connectivity index (χ4v) is 3.86. The minimum atomic E-state index is 0.267. The number of piperidine rings is 1. The van der Waals surface area contributed by atoms with E-state index in [1.54, 1.807) is 0 Å². The molecule has 1 saturated heterocycles. The Balaban J connectivity index is 2.02. The first-order chi connectivity index (χ1) is 9.15. The van der Waals surface area contributed by atoms with Crippen LogP contribution in [0.4, 0.5) is 0 Å². The van der Waals surface area contributed by atoms with Gasteiger partial charge in [0.15, 0.2) is 0 Å². The predicted molar refractivity (Wildman–Crippen MR) is 78.8 cm³/mol. The molecule has 0 aromatic rings. The predicted octanol–water partition coefficient (Wildman–Crippen LogP) is 2.73. The molecule has 0 amide bonds. The van der Waals surface area contributed by atoms with Crippen molar-refractivity contribution in [2.24, 2.45) is 11.8 Å². The lowest BCUT2D eigenvalue weighted by Crippen LogP contribution is -2.52. The van der Waals surface area contributed by atoms with Gasteiger partial charge in [-0.1, -0.05) is 13.3 Å². The maximum atomic E-state index is 9.44. The maximum Gasteiger partial charge on any atom is 0.0672 e. The van der Waals surface area contributed by atoms with Gasteiger partial charge in [-0.2, -0.15) is 5.26 Å². The largest absolute Gasteiger partial charge is 0.305 e. The molecule has 1 saturated carbocycles. The van der Waals surface area contributed by atoms with Gasteiger partial charge in [0.05, 0.1) is 12.0 Å². The molecule has 0 spiro atoms. The molecule has 0 N–H and O–H groups in total. The summed E-state index contributed by atoms with van der Waals surface area (Å²) in [4.78, 5) is 4.98. The second kappa shape index (κ2) is 6.72. The van der Waals surface area contributed by atoms with Crippen molar-refractivity contribution in [2.75, 3.05) is 27.2 Å². The fourth-order valence-electron chi connectivity index (χ4n) is 3.86. The van der Waals surface area contributed by atoms with E-state index < -0.39 is 0 Å². The SMILES string of the molecule is CCC1CCC(C#N)C(N2CCCC(N(C)C)C2)C1. The number of likely N-dealkylation sites (N-methyl/N-ethyl adjacent to an activating group) is 1. The van der Waals surface area contributed by atoms with E-state index in [0.717, 1.165) is 18.9 Å². The zero-order valence-corrected chi connectivity index (χ0v) is 12.8. The van der Waals surface area contributed by atoms with Crippen LogP contribution < -0.4 is 0 Å². The molecule has 1 heterocycles. The minimum Gasteiger partial charge on any atom is -0.305 e. The average molecular weight is 263 g/mol. The Bertz CT molecular complexity index is 320. The highest BCUT2D eigenvalue weighted by atomic mass is 15.2. The van der Waals surface area contributed by atoms with Crippen molar-refractivity contribution >= 4 is 0 Å². The lowest BCUT2D eigenvalue weighted by Gasteiger charge is -2.45. The van der Waals surface area contributed by atoms with Crippen LogP contribution in [0.1, 0.15) is 45.4 Å². The molecule has 2 fully saturated rings. The third kappa shape index (κ3) is 3.49. The summed E-state index contributed by atoms with van der Waals surface area (Å²) in [6, 6.07) is 3.78. The van der Waals surface area contributed by atoms with Crippen molar-refractivity contribution in [1.82, 2.24) is 9.80 Å². The van der Waals surface area contributed by atoms with Crippen LogP contribution in [-0.2, 0) is 0 Å². The molecule has 3 nitrogen and oxygen atoms in total. The van der Waals surface area contributed by atoms with Gasteiger partial charge in [0.2, 0.25) is 0 Å². The molecule has 4 unspecified atom stereocenters. The summed E-state index contributed by atoms with van der Waals surface area (Å²) < 4.78 is 0. The third-order valence-corrected chi connectivity index (χ3v) is 5.30. The average Bonchev–Trinajstić information content (AvgIpc) is 2.46. The molecule has 19 heavy (non-hydrogen) atoms. The Kier molecular flexibility index (Phi) is 5.24. The van der Waals surface area contributed by atoms with E-state index in [9.17, 15) is 5.26 Å². The molecule has 3 heteroatoms. The number of rotatable bonds is 3. The molecule has 2 aliphatic rings. The molecule has 0 aromatic carbocycles. The Morgan fingerprint density at radius 3 is 2.68 bits per heavy atom. The normalized spacial score (nSPS) is 37.2. The van der Waals surface area contributed by atoms with Crippen molar-refractivity contribution in [3.05, 3.63) is 0 Å². The van der Waals surface area contributed by atoms with Crippen LogP contribution in [0.25, 0.3) is 0 Å². The summed E-state index contributed by atoms with van der Waals surface area (Å²) in [5, 5.41) is 9.44. The molecule has 0 radical (unpaired) electrons. The number of nitriles is 1. The van der Waals surface area contributed by atoms with Crippen molar-refractivity contribution < 1.29 is 0 Å². The third-order valence-electron chi connectivity index (χ3n) is 5.30. The smallest absolute Gasteiger partial charge is 0.0672 e. The van der Waals surface area contributed by atoms with Gasteiger partial charge in [-0.25, -0.2) is 0 Å². The van der Waals surface area contributed by atoms with Gasteiger partial charge in [0, 0.05) is 18.6 Å². The highest BCUT2D eigenvalue weighted by Crippen LogP contribution is 2.35.